The van der Waals surface area contributed by atoms with E-state index in [-0.39, 0.29) is 5.91 Å². The minimum absolute atomic E-state index is 0.0240. The van der Waals surface area contributed by atoms with Gasteiger partial charge in [-0.3, -0.25) is 4.79 Å². The summed E-state index contributed by atoms with van der Waals surface area (Å²) in [4.78, 5) is 11.8. The van der Waals surface area contributed by atoms with Crippen LogP contribution in [0, 0.1) is 0 Å². The normalized spacial score (nSPS) is 10.5. The Morgan fingerprint density at radius 3 is 2.41 bits per heavy atom. The molecule has 4 nitrogen and oxygen atoms in total. The van der Waals surface area contributed by atoms with Gasteiger partial charge >= 0.3 is 0 Å². The predicted octanol–water partition coefficient (Wildman–Crippen LogP) is 3.52. The molecule has 2 rings (SSSR count). The quantitative estimate of drug-likeness (QED) is 0.784. The van der Waals surface area contributed by atoms with Crippen molar-refractivity contribution in [1.29, 1.82) is 0 Å². The lowest BCUT2D eigenvalue weighted by molar-refractivity contribution is -0.121. The minimum atomic E-state index is 0.0240. The molecule has 4 heteroatoms. The van der Waals surface area contributed by atoms with Crippen molar-refractivity contribution in [3.05, 3.63) is 53.5 Å². The van der Waals surface area contributed by atoms with Crippen LogP contribution < -0.4 is 10.6 Å². The molecule has 0 aliphatic carbocycles. The monoisotopic (exact) mass is 300 g/mol. The van der Waals surface area contributed by atoms with Crippen molar-refractivity contribution in [2.45, 2.75) is 39.7 Å². The first-order valence-electron chi connectivity index (χ1n) is 7.88. The summed E-state index contributed by atoms with van der Waals surface area (Å²) >= 11 is 0. The molecule has 22 heavy (non-hydrogen) atoms. The van der Waals surface area contributed by atoms with Gasteiger partial charge in [0.15, 0.2) is 0 Å². The van der Waals surface area contributed by atoms with E-state index in [4.69, 9.17) is 4.42 Å². The standard InChI is InChI=1S/C18H24N2O2/c1-3-14-7-5-8-15(4-2)18(14)19-11-10-17(21)20-13-16-9-6-12-22-16/h5-9,12,19H,3-4,10-11,13H2,1-2H3,(H,20,21). The SMILES string of the molecule is CCc1cccc(CC)c1NCCC(=O)NCc1ccco1. The zero-order valence-electron chi connectivity index (χ0n) is 13.3. The van der Waals surface area contributed by atoms with Gasteiger partial charge in [0, 0.05) is 18.7 Å². The third kappa shape index (κ3) is 4.38. The fourth-order valence-electron chi connectivity index (χ4n) is 2.46. The van der Waals surface area contributed by atoms with Crippen molar-refractivity contribution in [2.75, 3.05) is 11.9 Å². The number of furan rings is 1. The molecule has 1 aromatic heterocycles. The first-order valence-corrected chi connectivity index (χ1v) is 7.88. The van der Waals surface area contributed by atoms with Gasteiger partial charge in [0.25, 0.3) is 0 Å². The topological polar surface area (TPSA) is 54.3 Å². The molecule has 118 valence electrons. The van der Waals surface area contributed by atoms with E-state index in [9.17, 15) is 4.79 Å². The second-order valence-electron chi connectivity index (χ2n) is 5.19. The summed E-state index contributed by atoms with van der Waals surface area (Å²) < 4.78 is 5.19. The van der Waals surface area contributed by atoms with Gasteiger partial charge in [-0.15, -0.1) is 0 Å². The van der Waals surface area contributed by atoms with E-state index in [1.54, 1.807) is 6.26 Å². The largest absolute Gasteiger partial charge is 0.467 e. The van der Waals surface area contributed by atoms with Crippen LogP contribution in [0.1, 0.15) is 37.2 Å². The summed E-state index contributed by atoms with van der Waals surface area (Å²) in [7, 11) is 0. The second kappa shape index (κ2) is 8.27. The highest BCUT2D eigenvalue weighted by Crippen LogP contribution is 2.22. The van der Waals surface area contributed by atoms with Gasteiger partial charge in [0.1, 0.15) is 5.76 Å². The third-order valence-electron chi connectivity index (χ3n) is 3.69. The molecule has 0 unspecified atom stereocenters. The number of rotatable bonds is 8. The van der Waals surface area contributed by atoms with E-state index in [2.05, 4.69) is 42.7 Å². The molecule has 0 saturated carbocycles. The van der Waals surface area contributed by atoms with Crippen LogP contribution >= 0.6 is 0 Å². The molecule has 0 fully saturated rings. The molecule has 0 aliphatic rings. The number of benzene rings is 1. The number of anilines is 1. The maximum absolute atomic E-state index is 11.8. The number of hydrogen-bond donors (Lipinski definition) is 2. The van der Waals surface area contributed by atoms with Crippen LogP contribution in [0.5, 0.6) is 0 Å². The Morgan fingerprint density at radius 2 is 1.82 bits per heavy atom. The zero-order valence-corrected chi connectivity index (χ0v) is 13.3. The molecule has 1 aromatic carbocycles. The summed E-state index contributed by atoms with van der Waals surface area (Å²) in [5, 5.41) is 6.28. The van der Waals surface area contributed by atoms with Gasteiger partial charge < -0.3 is 15.1 Å². The molecule has 0 aliphatic heterocycles. The first kappa shape index (κ1) is 16.1. The van der Waals surface area contributed by atoms with Crippen LogP contribution in [0.2, 0.25) is 0 Å². The van der Waals surface area contributed by atoms with Gasteiger partial charge in [0.05, 0.1) is 12.8 Å². The number of carbonyl (C=O) groups is 1. The lowest BCUT2D eigenvalue weighted by Crippen LogP contribution is -2.25. The zero-order chi connectivity index (χ0) is 15.8. The molecule has 0 saturated heterocycles. The number of aryl methyl sites for hydroxylation is 2. The Balaban J connectivity index is 1.82. The highest BCUT2D eigenvalue weighted by atomic mass is 16.3. The van der Waals surface area contributed by atoms with E-state index in [1.165, 1.54) is 16.8 Å². The van der Waals surface area contributed by atoms with Crippen molar-refractivity contribution >= 4 is 11.6 Å². The average molecular weight is 300 g/mol. The van der Waals surface area contributed by atoms with Crippen molar-refractivity contribution in [2.24, 2.45) is 0 Å². The van der Waals surface area contributed by atoms with E-state index in [0.29, 0.717) is 19.5 Å². The molecule has 2 aromatic rings. The van der Waals surface area contributed by atoms with E-state index in [0.717, 1.165) is 18.6 Å². The van der Waals surface area contributed by atoms with Gasteiger partial charge in [-0.1, -0.05) is 32.0 Å². The fourth-order valence-corrected chi connectivity index (χ4v) is 2.46. The Bertz CT molecular complexity index is 569. The van der Waals surface area contributed by atoms with Crippen molar-refractivity contribution < 1.29 is 9.21 Å². The average Bonchev–Trinajstić information content (AvgIpc) is 3.06. The summed E-state index contributed by atoms with van der Waals surface area (Å²) in [6.07, 6.45) is 4.03. The number of para-hydroxylation sites is 1. The molecule has 0 spiro atoms. The summed E-state index contributed by atoms with van der Waals surface area (Å²) in [6, 6.07) is 10.0. The molecule has 1 amide bonds. The number of carbonyl (C=O) groups excluding carboxylic acids is 1. The number of amides is 1. The lowest BCUT2D eigenvalue weighted by atomic mass is 10.0. The van der Waals surface area contributed by atoms with Crippen LogP contribution in [0.25, 0.3) is 0 Å². The smallest absolute Gasteiger partial charge is 0.222 e. The molecule has 2 N–H and O–H groups in total. The van der Waals surface area contributed by atoms with E-state index >= 15 is 0 Å². The van der Waals surface area contributed by atoms with E-state index < -0.39 is 0 Å². The van der Waals surface area contributed by atoms with E-state index in [1.807, 2.05) is 12.1 Å². The molecule has 1 heterocycles. The van der Waals surface area contributed by atoms with Gasteiger partial charge in [-0.05, 0) is 36.1 Å². The van der Waals surface area contributed by atoms with Gasteiger partial charge in [-0.25, -0.2) is 0 Å². The highest BCUT2D eigenvalue weighted by Gasteiger charge is 2.07. The lowest BCUT2D eigenvalue weighted by Gasteiger charge is -2.15. The summed E-state index contributed by atoms with van der Waals surface area (Å²) in [5.41, 5.74) is 3.79. The fraction of sp³-hybridized carbons (Fsp3) is 0.389. The van der Waals surface area contributed by atoms with Crippen LogP contribution in [-0.2, 0) is 24.2 Å². The molecule has 0 radical (unpaired) electrons. The van der Waals surface area contributed by atoms with Crippen LogP contribution in [0.4, 0.5) is 5.69 Å². The van der Waals surface area contributed by atoms with Crippen LogP contribution in [-0.4, -0.2) is 12.5 Å². The molecular weight excluding hydrogens is 276 g/mol. The summed E-state index contributed by atoms with van der Waals surface area (Å²) in [5.74, 6) is 0.793. The Morgan fingerprint density at radius 1 is 1.09 bits per heavy atom. The molecule has 0 atom stereocenters. The van der Waals surface area contributed by atoms with Crippen molar-refractivity contribution in [3.8, 4) is 0 Å². The van der Waals surface area contributed by atoms with Crippen LogP contribution in [0.15, 0.2) is 41.0 Å². The third-order valence-corrected chi connectivity index (χ3v) is 3.69. The second-order valence-corrected chi connectivity index (χ2v) is 5.19. The van der Waals surface area contributed by atoms with Gasteiger partial charge in [0.2, 0.25) is 5.91 Å². The highest BCUT2D eigenvalue weighted by molar-refractivity contribution is 5.76. The maximum Gasteiger partial charge on any atom is 0.222 e. The number of hydrogen-bond acceptors (Lipinski definition) is 3. The van der Waals surface area contributed by atoms with Crippen LogP contribution in [0.3, 0.4) is 0 Å². The molecular formula is C18H24N2O2. The Hall–Kier alpha value is -2.23. The van der Waals surface area contributed by atoms with Crippen molar-refractivity contribution in [1.82, 2.24) is 5.32 Å². The first-order chi connectivity index (χ1) is 10.7. The number of nitrogens with one attached hydrogen (secondary N) is 2. The Labute approximate surface area is 131 Å². The molecule has 0 bridgehead atoms. The van der Waals surface area contributed by atoms with Gasteiger partial charge in [-0.2, -0.15) is 0 Å². The maximum atomic E-state index is 11.8. The Kier molecular flexibility index (Phi) is 6.07. The van der Waals surface area contributed by atoms with Crippen molar-refractivity contribution in [3.63, 3.8) is 0 Å². The minimum Gasteiger partial charge on any atom is -0.467 e. The summed E-state index contributed by atoms with van der Waals surface area (Å²) in [6.45, 7) is 5.37. The predicted molar refractivity (Wildman–Crippen MR) is 88.9 cm³/mol.